The third-order valence-electron chi connectivity index (χ3n) is 10.0. The first-order valence-electron chi connectivity index (χ1n) is 12.5. The topological polar surface area (TPSA) is 86.6 Å². The maximum atomic E-state index is 12.9. The van der Waals surface area contributed by atoms with Crippen molar-refractivity contribution in [2.24, 2.45) is 40.4 Å². The quantitative estimate of drug-likeness (QED) is 0.425. The highest BCUT2D eigenvalue weighted by Crippen LogP contribution is 2.67. The fourth-order valence-electron chi connectivity index (χ4n) is 8.30. The number of nitrogens with one attached hydrogen (secondary N) is 1. The number of amides is 1. The van der Waals surface area contributed by atoms with Gasteiger partial charge in [0, 0.05) is 18.9 Å². The second-order valence-electron chi connectivity index (χ2n) is 11.5. The van der Waals surface area contributed by atoms with E-state index in [2.05, 4.69) is 32.2 Å². The van der Waals surface area contributed by atoms with Crippen LogP contribution in [0.4, 0.5) is 0 Å². The first-order valence-corrected chi connectivity index (χ1v) is 12.5. The van der Waals surface area contributed by atoms with Crippen molar-refractivity contribution in [2.75, 3.05) is 6.54 Å². The molecule has 1 amide bonds. The number of aliphatic hydroxyl groups excluding tert-OH is 1. The molecule has 5 heteroatoms. The summed E-state index contributed by atoms with van der Waals surface area (Å²) >= 11 is 0. The Hall–Kier alpha value is -1.36. The fourth-order valence-corrected chi connectivity index (χ4v) is 8.30. The zero-order valence-corrected chi connectivity index (χ0v) is 19.5. The summed E-state index contributed by atoms with van der Waals surface area (Å²) in [4.78, 5) is 23.6. The van der Waals surface area contributed by atoms with E-state index >= 15 is 0 Å². The molecule has 0 bridgehead atoms. The van der Waals surface area contributed by atoms with E-state index in [4.69, 9.17) is 5.11 Å². The summed E-state index contributed by atoms with van der Waals surface area (Å²) in [6.07, 6.45) is 11.8. The van der Waals surface area contributed by atoms with E-state index in [0.717, 1.165) is 38.0 Å². The Kier molecular flexibility index (Phi) is 6.28. The molecule has 0 spiro atoms. The van der Waals surface area contributed by atoms with Gasteiger partial charge in [-0.25, -0.2) is 0 Å². The lowest BCUT2D eigenvalue weighted by molar-refractivity contribution is -0.137. The Morgan fingerprint density at radius 2 is 1.94 bits per heavy atom. The number of fused-ring (bicyclic) bond motifs is 5. The number of carboxylic acid groups (broad SMARTS) is 1. The number of rotatable bonds is 6. The normalized spacial score (nSPS) is 42.6. The second kappa shape index (κ2) is 8.53. The maximum Gasteiger partial charge on any atom is 0.303 e. The summed E-state index contributed by atoms with van der Waals surface area (Å²) in [7, 11) is 0. The van der Waals surface area contributed by atoms with Crippen LogP contribution >= 0.6 is 0 Å². The molecule has 0 aromatic carbocycles. The molecule has 8 atom stereocenters. The van der Waals surface area contributed by atoms with Crippen molar-refractivity contribution in [3.8, 4) is 0 Å². The van der Waals surface area contributed by atoms with Gasteiger partial charge in [-0.3, -0.25) is 9.59 Å². The summed E-state index contributed by atoms with van der Waals surface area (Å²) < 4.78 is 0. The molecule has 0 radical (unpaired) electrons. The summed E-state index contributed by atoms with van der Waals surface area (Å²) in [6, 6.07) is 0. The lowest BCUT2D eigenvalue weighted by Crippen LogP contribution is -2.51. The molecule has 4 aliphatic rings. The van der Waals surface area contributed by atoms with E-state index < -0.39 is 5.97 Å². The first-order chi connectivity index (χ1) is 14.7. The molecule has 3 saturated carbocycles. The lowest BCUT2D eigenvalue weighted by Gasteiger charge is -2.58. The van der Waals surface area contributed by atoms with Gasteiger partial charge in [0.1, 0.15) is 0 Å². The largest absolute Gasteiger partial charge is 0.481 e. The minimum Gasteiger partial charge on any atom is -0.481 e. The molecule has 0 saturated heterocycles. The van der Waals surface area contributed by atoms with Gasteiger partial charge in [0.2, 0.25) is 5.91 Å². The van der Waals surface area contributed by atoms with Gasteiger partial charge in [0.25, 0.3) is 0 Å². The monoisotopic (exact) mass is 431 g/mol. The number of aliphatic carboxylic acids is 1. The van der Waals surface area contributed by atoms with Crippen molar-refractivity contribution >= 4 is 11.9 Å². The van der Waals surface area contributed by atoms with Crippen molar-refractivity contribution < 1.29 is 19.8 Å². The molecule has 1 unspecified atom stereocenters. The third kappa shape index (κ3) is 3.96. The molecule has 0 aliphatic heterocycles. The minimum atomic E-state index is -0.809. The molecular formula is C26H41NO4. The Balaban J connectivity index is 1.44. The van der Waals surface area contributed by atoms with Gasteiger partial charge >= 0.3 is 5.97 Å². The summed E-state index contributed by atoms with van der Waals surface area (Å²) in [5, 5.41) is 22.0. The highest BCUT2D eigenvalue weighted by atomic mass is 16.4. The van der Waals surface area contributed by atoms with Crippen molar-refractivity contribution in [3.63, 3.8) is 0 Å². The number of carboxylic acids is 1. The predicted molar refractivity (Wildman–Crippen MR) is 120 cm³/mol. The van der Waals surface area contributed by atoms with Crippen LogP contribution in [0.25, 0.3) is 0 Å². The van der Waals surface area contributed by atoms with Crippen LogP contribution in [-0.4, -0.2) is 34.7 Å². The molecule has 31 heavy (non-hydrogen) atoms. The average molecular weight is 432 g/mol. The molecule has 5 nitrogen and oxygen atoms in total. The van der Waals surface area contributed by atoms with E-state index in [1.165, 1.54) is 24.8 Å². The van der Waals surface area contributed by atoms with Gasteiger partial charge in [-0.15, -0.1) is 0 Å². The van der Waals surface area contributed by atoms with Crippen LogP contribution in [0.5, 0.6) is 0 Å². The number of aliphatic hydroxyl groups is 1. The number of hydrogen-bond acceptors (Lipinski definition) is 3. The number of carbonyl (C=O) groups excluding carboxylic acids is 1. The predicted octanol–water partition coefficient (Wildman–Crippen LogP) is 4.54. The van der Waals surface area contributed by atoms with E-state index in [1.807, 2.05) is 0 Å². The number of allylic oxidation sites excluding steroid dienone is 1. The molecule has 174 valence electrons. The Bertz CT molecular complexity index is 748. The molecule has 0 heterocycles. The van der Waals surface area contributed by atoms with E-state index in [-0.39, 0.29) is 35.2 Å². The highest BCUT2D eigenvalue weighted by molar-refractivity contribution is 5.78. The minimum absolute atomic E-state index is 0.0218. The van der Waals surface area contributed by atoms with Crippen molar-refractivity contribution in [1.29, 1.82) is 0 Å². The Labute approximate surface area is 187 Å². The van der Waals surface area contributed by atoms with Gasteiger partial charge in [-0.05, 0) is 92.3 Å². The second-order valence-corrected chi connectivity index (χ2v) is 11.5. The lowest BCUT2D eigenvalue weighted by atomic mass is 9.47. The van der Waals surface area contributed by atoms with E-state index in [0.29, 0.717) is 30.7 Å². The molecule has 0 aromatic heterocycles. The van der Waals surface area contributed by atoms with Crippen molar-refractivity contribution in [1.82, 2.24) is 5.32 Å². The fraction of sp³-hybridized carbons (Fsp3) is 0.846. The SMILES string of the molecule is C[C@H](C(=O)NCCCC(=O)O)[C@H]1CC[C@H]2C3CC=C4C[C@@H](O)CC[C@]4(C)[C@H]3CC[C@]12C. The molecule has 3 N–H and O–H groups in total. The van der Waals surface area contributed by atoms with Gasteiger partial charge in [-0.2, -0.15) is 0 Å². The highest BCUT2D eigenvalue weighted by Gasteiger charge is 2.59. The summed E-state index contributed by atoms with van der Waals surface area (Å²) in [5.74, 6) is 1.78. The summed E-state index contributed by atoms with van der Waals surface area (Å²) in [5.41, 5.74) is 1.99. The van der Waals surface area contributed by atoms with Gasteiger partial charge in [-0.1, -0.05) is 32.4 Å². The molecular weight excluding hydrogens is 390 g/mol. The van der Waals surface area contributed by atoms with Crippen molar-refractivity contribution in [3.05, 3.63) is 11.6 Å². The molecule has 3 fully saturated rings. The van der Waals surface area contributed by atoms with E-state index in [1.54, 1.807) is 0 Å². The van der Waals surface area contributed by atoms with Crippen LogP contribution in [0.2, 0.25) is 0 Å². The van der Waals surface area contributed by atoms with Gasteiger partial charge in [0.05, 0.1) is 6.10 Å². The van der Waals surface area contributed by atoms with Crippen LogP contribution in [0.3, 0.4) is 0 Å². The Morgan fingerprint density at radius 1 is 1.16 bits per heavy atom. The number of hydrogen-bond donors (Lipinski definition) is 3. The summed E-state index contributed by atoms with van der Waals surface area (Å²) in [6.45, 7) is 7.44. The third-order valence-corrected chi connectivity index (χ3v) is 10.0. The smallest absolute Gasteiger partial charge is 0.303 e. The number of carbonyl (C=O) groups is 2. The van der Waals surface area contributed by atoms with Gasteiger partial charge < -0.3 is 15.5 Å². The van der Waals surface area contributed by atoms with Crippen LogP contribution in [-0.2, 0) is 9.59 Å². The Morgan fingerprint density at radius 3 is 2.68 bits per heavy atom. The molecule has 4 aliphatic carbocycles. The van der Waals surface area contributed by atoms with Crippen LogP contribution < -0.4 is 5.32 Å². The van der Waals surface area contributed by atoms with E-state index in [9.17, 15) is 14.7 Å². The van der Waals surface area contributed by atoms with Crippen LogP contribution in [0.15, 0.2) is 11.6 Å². The average Bonchev–Trinajstić information content (AvgIpc) is 3.08. The maximum absolute atomic E-state index is 12.9. The molecule has 4 rings (SSSR count). The zero-order valence-electron chi connectivity index (χ0n) is 19.5. The molecule has 0 aromatic rings. The van der Waals surface area contributed by atoms with Crippen molar-refractivity contribution in [2.45, 2.75) is 91.1 Å². The van der Waals surface area contributed by atoms with Crippen LogP contribution in [0, 0.1) is 40.4 Å². The van der Waals surface area contributed by atoms with Gasteiger partial charge in [0.15, 0.2) is 0 Å². The first kappa shape index (κ1) is 22.8. The van der Waals surface area contributed by atoms with Crippen LogP contribution in [0.1, 0.15) is 85.0 Å². The standard InChI is InChI=1S/C26H41NO4/c1-16(24(31)27-14-4-5-23(29)30)20-8-9-21-19-7-6-17-15-18(28)10-12-25(17,2)22(19)11-13-26(20,21)3/h6,16,18-22,28H,4-5,7-15H2,1-3H3,(H,27,31)(H,29,30)/t16-,18-,19?,20+,21-,22-,25-,26+/m0/s1. The zero-order chi connectivity index (χ0) is 22.4.